The molecule has 1 saturated carbocycles. The van der Waals surface area contributed by atoms with Gasteiger partial charge in [0.1, 0.15) is 5.52 Å². The number of rotatable bonds is 7. The van der Waals surface area contributed by atoms with E-state index in [1.165, 1.54) is 44.7 Å². The van der Waals surface area contributed by atoms with Gasteiger partial charge in [0, 0.05) is 17.8 Å². The highest BCUT2D eigenvalue weighted by Crippen LogP contribution is 2.35. The summed E-state index contributed by atoms with van der Waals surface area (Å²) >= 11 is 5.98. The Morgan fingerprint density at radius 2 is 1.97 bits per heavy atom. The second-order valence-corrected chi connectivity index (χ2v) is 10.2. The van der Waals surface area contributed by atoms with Crippen LogP contribution in [0.3, 0.4) is 0 Å². The maximum absolute atomic E-state index is 14.1. The second-order valence-electron chi connectivity index (χ2n) is 9.79. The van der Waals surface area contributed by atoms with Gasteiger partial charge in [-0.1, -0.05) is 38.3 Å². The van der Waals surface area contributed by atoms with Gasteiger partial charge >= 0.3 is 0 Å². The number of anilines is 1. The minimum atomic E-state index is -0.812. The van der Waals surface area contributed by atoms with Crippen molar-refractivity contribution in [3.63, 3.8) is 0 Å². The van der Waals surface area contributed by atoms with E-state index in [-0.39, 0.29) is 16.8 Å². The first kappa shape index (κ1) is 24.4. The van der Waals surface area contributed by atoms with Gasteiger partial charge in [-0.3, -0.25) is 9.78 Å². The first-order valence-corrected chi connectivity index (χ1v) is 12.4. The molecule has 0 saturated heterocycles. The highest BCUT2D eigenvalue weighted by Gasteiger charge is 2.24. The number of fused-ring (bicyclic) bond motifs is 1. The Bertz CT molecular complexity index is 1180. The Morgan fingerprint density at radius 3 is 2.62 bits per heavy atom. The van der Waals surface area contributed by atoms with Crippen LogP contribution in [0.25, 0.3) is 22.3 Å². The van der Waals surface area contributed by atoms with E-state index in [0.29, 0.717) is 33.5 Å². The lowest BCUT2D eigenvalue weighted by Crippen LogP contribution is -2.27. The van der Waals surface area contributed by atoms with E-state index in [1.807, 2.05) is 0 Å². The molecule has 0 unspecified atom stereocenters. The van der Waals surface area contributed by atoms with E-state index in [2.05, 4.69) is 24.1 Å². The zero-order chi connectivity index (χ0) is 24.4. The summed E-state index contributed by atoms with van der Waals surface area (Å²) in [6, 6.07) is 6.46. The van der Waals surface area contributed by atoms with Crippen molar-refractivity contribution in [2.75, 3.05) is 5.32 Å². The van der Waals surface area contributed by atoms with Crippen LogP contribution in [0.15, 0.2) is 30.5 Å². The van der Waals surface area contributed by atoms with Crippen molar-refractivity contribution in [1.29, 1.82) is 0 Å². The monoisotopic (exact) mass is 483 g/mol. The Hall–Kier alpha value is -2.73. The fourth-order valence-corrected chi connectivity index (χ4v) is 4.93. The SMILES string of the molecule is CC(=O)c1cnc2ccc(-c3cc(F)c(O)c(Cl)c3)nc2c1NC1CCC(CCC(C)C)CC1. The topological polar surface area (TPSA) is 75.1 Å². The summed E-state index contributed by atoms with van der Waals surface area (Å²) in [5.41, 5.74) is 3.30. The molecule has 0 radical (unpaired) electrons. The van der Waals surface area contributed by atoms with Crippen molar-refractivity contribution < 1.29 is 14.3 Å². The maximum Gasteiger partial charge on any atom is 0.170 e. The zero-order valence-electron chi connectivity index (χ0n) is 19.9. The Morgan fingerprint density at radius 1 is 1.24 bits per heavy atom. The van der Waals surface area contributed by atoms with Gasteiger partial charge in [0.25, 0.3) is 0 Å². The largest absolute Gasteiger partial charge is 0.504 e. The molecule has 1 aliphatic rings. The minimum Gasteiger partial charge on any atom is -0.504 e. The Kier molecular flexibility index (Phi) is 7.36. The molecule has 4 rings (SSSR count). The fourth-order valence-electron chi connectivity index (χ4n) is 4.72. The van der Waals surface area contributed by atoms with Crippen LogP contribution in [0.2, 0.25) is 5.02 Å². The van der Waals surface area contributed by atoms with Crippen LogP contribution in [0.5, 0.6) is 5.75 Å². The van der Waals surface area contributed by atoms with Crippen LogP contribution in [0, 0.1) is 17.7 Å². The molecule has 0 aliphatic heterocycles. The van der Waals surface area contributed by atoms with Gasteiger partial charge in [-0.15, -0.1) is 0 Å². The minimum absolute atomic E-state index is 0.0833. The first-order chi connectivity index (χ1) is 16.2. The molecule has 1 fully saturated rings. The number of hydrogen-bond acceptors (Lipinski definition) is 5. The highest BCUT2D eigenvalue weighted by molar-refractivity contribution is 6.32. The molecular formula is C27H31ClFN3O2. The smallest absolute Gasteiger partial charge is 0.170 e. The van der Waals surface area contributed by atoms with Crippen LogP contribution < -0.4 is 5.32 Å². The van der Waals surface area contributed by atoms with Gasteiger partial charge in [0.15, 0.2) is 17.3 Å². The van der Waals surface area contributed by atoms with E-state index in [4.69, 9.17) is 16.6 Å². The lowest BCUT2D eigenvalue weighted by Gasteiger charge is -2.30. The number of pyridine rings is 2. The third-order valence-corrected chi connectivity index (χ3v) is 7.04. The van der Waals surface area contributed by atoms with Crippen LogP contribution in [0.1, 0.15) is 69.7 Å². The van der Waals surface area contributed by atoms with Crippen LogP contribution >= 0.6 is 11.6 Å². The lowest BCUT2D eigenvalue weighted by atomic mass is 9.82. The van der Waals surface area contributed by atoms with E-state index in [0.717, 1.165) is 24.7 Å². The molecule has 0 amide bonds. The van der Waals surface area contributed by atoms with Crippen molar-refractivity contribution in [3.8, 4) is 17.0 Å². The quantitative estimate of drug-likeness (QED) is 0.342. The number of Topliss-reactive ketones (excluding diaryl/α,β-unsaturated/α-hetero) is 1. The predicted molar refractivity (Wildman–Crippen MR) is 135 cm³/mol. The number of benzene rings is 1. The summed E-state index contributed by atoms with van der Waals surface area (Å²) in [5.74, 6) is 0.00858. The van der Waals surface area contributed by atoms with Crippen molar-refractivity contribution in [2.45, 2.75) is 65.3 Å². The standard InChI is InChI=1S/C27H31ClFN3O2/c1-15(2)4-5-17-6-8-19(9-7-17)31-25-20(16(3)33)14-30-24-11-10-23(32-26(24)25)18-12-21(28)27(34)22(29)13-18/h10-15,17,19,34H,4-9H2,1-3H3,(H,30,31). The molecule has 7 heteroatoms. The highest BCUT2D eigenvalue weighted by atomic mass is 35.5. The molecule has 0 bridgehead atoms. The number of hydrogen-bond donors (Lipinski definition) is 2. The number of aromatic hydroxyl groups is 1. The van der Waals surface area contributed by atoms with Gasteiger partial charge in [-0.05, 0) is 68.7 Å². The third kappa shape index (κ3) is 5.33. The lowest BCUT2D eigenvalue weighted by molar-refractivity contribution is 0.101. The van der Waals surface area contributed by atoms with Crippen molar-refractivity contribution in [3.05, 3.63) is 46.9 Å². The number of halogens is 2. The van der Waals surface area contributed by atoms with Gasteiger partial charge in [0.2, 0.25) is 0 Å². The summed E-state index contributed by atoms with van der Waals surface area (Å²) in [4.78, 5) is 21.6. The van der Waals surface area contributed by atoms with Crippen LogP contribution in [-0.2, 0) is 0 Å². The van der Waals surface area contributed by atoms with Gasteiger partial charge in [-0.2, -0.15) is 0 Å². The van der Waals surface area contributed by atoms with Crippen molar-refractivity contribution >= 4 is 34.1 Å². The van der Waals surface area contributed by atoms with Crippen LogP contribution in [0.4, 0.5) is 10.1 Å². The summed E-state index contributed by atoms with van der Waals surface area (Å²) in [6.45, 7) is 6.06. The van der Waals surface area contributed by atoms with Crippen molar-refractivity contribution in [1.82, 2.24) is 9.97 Å². The number of nitrogens with zero attached hydrogens (tertiary/aromatic N) is 2. The van der Waals surface area contributed by atoms with Gasteiger partial charge in [-0.25, -0.2) is 9.37 Å². The maximum atomic E-state index is 14.1. The van der Waals surface area contributed by atoms with Gasteiger partial charge in [0.05, 0.1) is 27.5 Å². The van der Waals surface area contributed by atoms with E-state index in [1.54, 1.807) is 18.3 Å². The van der Waals surface area contributed by atoms with Gasteiger partial charge < -0.3 is 10.4 Å². The predicted octanol–water partition coefficient (Wildman–Crippen LogP) is 7.40. The van der Waals surface area contributed by atoms with E-state index >= 15 is 0 Å². The number of ketones is 1. The Balaban J connectivity index is 1.66. The average molecular weight is 484 g/mol. The average Bonchev–Trinajstić information content (AvgIpc) is 2.81. The summed E-state index contributed by atoms with van der Waals surface area (Å²) in [5, 5.41) is 13.2. The zero-order valence-corrected chi connectivity index (χ0v) is 20.6. The first-order valence-electron chi connectivity index (χ1n) is 12.0. The number of carbonyl (C=O) groups excluding carboxylic acids is 1. The second kappa shape index (κ2) is 10.3. The molecule has 3 aromatic rings. The van der Waals surface area contributed by atoms with E-state index < -0.39 is 11.6 Å². The molecule has 2 heterocycles. The summed E-state index contributed by atoms with van der Waals surface area (Å²) in [6.07, 6.45) is 8.57. The summed E-state index contributed by atoms with van der Waals surface area (Å²) in [7, 11) is 0. The molecule has 2 N–H and O–H groups in total. The molecule has 5 nitrogen and oxygen atoms in total. The number of carbonyl (C=O) groups is 1. The Labute approximate surface area is 204 Å². The molecule has 180 valence electrons. The number of phenols is 1. The molecule has 2 aromatic heterocycles. The number of phenolic OH excluding ortho intramolecular Hbond substituents is 1. The fraction of sp³-hybridized carbons (Fsp3) is 0.444. The number of aromatic nitrogens is 2. The van der Waals surface area contributed by atoms with E-state index in [9.17, 15) is 14.3 Å². The molecule has 1 aliphatic carbocycles. The molecule has 1 aromatic carbocycles. The van der Waals surface area contributed by atoms with Crippen LogP contribution in [-0.4, -0.2) is 26.9 Å². The third-order valence-electron chi connectivity index (χ3n) is 6.75. The normalized spacial score (nSPS) is 18.4. The molecule has 0 spiro atoms. The summed E-state index contributed by atoms with van der Waals surface area (Å²) < 4.78 is 14.1. The molecule has 34 heavy (non-hydrogen) atoms. The molecule has 0 atom stereocenters. The number of nitrogens with one attached hydrogen (secondary N) is 1. The molecular weight excluding hydrogens is 453 g/mol. The van der Waals surface area contributed by atoms with Crippen molar-refractivity contribution in [2.24, 2.45) is 11.8 Å².